The molecular weight excluding hydrogens is 303 g/mol. The molecule has 0 aliphatic carbocycles. The molecule has 0 fully saturated rings. The molecule has 1 unspecified atom stereocenters. The maximum atomic E-state index is 11.2. The lowest BCUT2D eigenvalue weighted by Crippen LogP contribution is -2.14. The zero-order valence-corrected chi connectivity index (χ0v) is 10.4. The highest BCUT2D eigenvalue weighted by Crippen LogP contribution is 2.06. The molecule has 0 bridgehead atoms. The molecule has 1 aromatic rings. The van der Waals surface area contributed by atoms with E-state index in [9.17, 15) is 9.90 Å². The van der Waals surface area contributed by atoms with Gasteiger partial charge in [-0.05, 0) is 22.1 Å². The zero-order chi connectivity index (χ0) is 11.1. The summed E-state index contributed by atoms with van der Waals surface area (Å²) >= 11 is 1.99. The Labute approximate surface area is 103 Å². The van der Waals surface area contributed by atoms with Crippen molar-refractivity contribution in [2.24, 2.45) is 0 Å². The highest BCUT2D eigenvalue weighted by molar-refractivity contribution is 14.1. The minimum Gasteiger partial charge on any atom is -0.392 e. The lowest BCUT2D eigenvalue weighted by molar-refractivity contribution is -0.116. The number of aliphatic hydroxyl groups is 1. The molecule has 80 valence electrons. The fraction of sp³-hybridized carbons (Fsp3) is 0.250. The van der Waals surface area contributed by atoms with Gasteiger partial charge in [-0.3, -0.25) is 4.79 Å². The van der Waals surface area contributed by atoms with Crippen LogP contribution in [0.3, 0.4) is 0 Å². The van der Waals surface area contributed by atoms with Gasteiger partial charge in [0.2, 0.25) is 0 Å². The van der Waals surface area contributed by atoms with E-state index < -0.39 is 6.10 Å². The monoisotopic (exact) mass is 316 g/mol. The van der Waals surface area contributed by atoms with Crippen LogP contribution >= 0.6 is 22.6 Å². The van der Waals surface area contributed by atoms with Crippen molar-refractivity contribution in [2.75, 3.05) is 0 Å². The number of hydrogen-bond acceptors (Lipinski definition) is 2. The Bertz CT molecular complexity index is 333. The van der Waals surface area contributed by atoms with Gasteiger partial charge < -0.3 is 5.11 Å². The fourth-order valence-corrected chi connectivity index (χ4v) is 1.73. The average Bonchev–Trinajstić information content (AvgIpc) is 2.19. The Morgan fingerprint density at radius 1 is 1.40 bits per heavy atom. The molecule has 0 spiro atoms. The van der Waals surface area contributed by atoms with E-state index in [0.717, 1.165) is 5.56 Å². The Hall–Kier alpha value is -0.680. The molecule has 1 aromatic carbocycles. The third kappa shape index (κ3) is 5.09. The Morgan fingerprint density at radius 3 is 2.67 bits per heavy atom. The molecule has 1 atom stereocenters. The lowest BCUT2D eigenvalue weighted by atomic mass is 10.0. The second-order valence-electron chi connectivity index (χ2n) is 3.31. The Kier molecular flexibility index (Phi) is 5.57. The molecule has 0 aliphatic rings. The van der Waals surface area contributed by atoms with E-state index in [1.165, 1.54) is 6.08 Å². The highest BCUT2D eigenvalue weighted by atomic mass is 127. The predicted molar refractivity (Wildman–Crippen MR) is 68.9 cm³/mol. The van der Waals surface area contributed by atoms with Crippen LogP contribution in [0.25, 0.3) is 0 Å². The molecule has 0 aromatic heterocycles. The summed E-state index contributed by atoms with van der Waals surface area (Å²) in [7, 11) is 0. The molecular formula is C12H13IO2. The third-order valence-electron chi connectivity index (χ3n) is 2.00. The molecule has 3 heteroatoms. The van der Waals surface area contributed by atoms with Gasteiger partial charge in [-0.15, -0.1) is 0 Å². The fourth-order valence-electron chi connectivity index (χ4n) is 1.33. The van der Waals surface area contributed by atoms with E-state index in [1.54, 1.807) is 4.08 Å². The smallest absolute Gasteiger partial charge is 0.158 e. The van der Waals surface area contributed by atoms with Gasteiger partial charge in [-0.1, -0.05) is 52.9 Å². The van der Waals surface area contributed by atoms with E-state index >= 15 is 0 Å². The third-order valence-corrected chi connectivity index (χ3v) is 2.36. The number of halogens is 1. The summed E-state index contributed by atoms with van der Waals surface area (Å²) in [5, 5.41) is 9.64. The predicted octanol–water partition coefficient (Wildman–Crippen LogP) is 2.50. The maximum absolute atomic E-state index is 11.2. The number of aliphatic hydroxyl groups excluding tert-OH is 1. The molecule has 1 rings (SSSR count). The summed E-state index contributed by atoms with van der Waals surface area (Å²) < 4.78 is 1.66. The van der Waals surface area contributed by atoms with Crippen LogP contribution in [0, 0.1) is 0 Å². The number of benzene rings is 1. The molecule has 0 saturated carbocycles. The number of allylic oxidation sites excluding steroid dienone is 1. The van der Waals surface area contributed by atoms with Crippen LogP contribution in [-0.2, 0) is 11.2 Å². The van der Waals surface area contributed by atoms with E-state index in [4.69, 9.17) is 0 Å². The van der Waals surface area contributed by atoms with Crippen molar-refractivity contribution in [1.29, 1.82) is 0 Å². The van der Waals surface area contributed by atoms with Gasteiger partial charge in [0.25, 0.3) is 0 Å². The SMILES string of the molecule is O=C(/C=C/I)CC(O)Cc1ccccc1. The van der Waals surface area contributed by atoms with Gasteiger partial charge in [0.15, 0.2) is 5.78 Å². The first kappa shape index (κ1) is 12.4. The van der Waals surface area contributed by atoms with Crippen LogP contribution in [0.4, 0.5) is 0 Å². The van der Waals surface area contributed by atoms with E-state index in [1.807, 2.05) is 52.9 Å². The molecule has 0 amide bonds. The molecule has 2 nitrogen and oxygen atoms in total. The van der Waals surface area contributed by atoms with Crippen molar-refractivity contribution in [1.82, 2.24) is 0 Å². The quantitative estimate of drug-likeness (QED) is 0.669. The summed E-state index contributed by atoms with van der Waals surface area (Å²) in [5.41, 5.74) is 1.05. The van der Waals surface area contributed by atoms with Crippen LogP contribution in [0.15, 0.2) is 40.5 Å². The normalized spacial score (nSPS) is 12.9. The van der Waals surface area contributed by atoms with Crippen molar-refractivity contribution in [3.63, 3.8) is 0 Å². The summed E-state index contributed by atoms with van der Waals surface area (Å²) in [6.45, 7) is 0. The van der Waals surface area contributed by atoms with Crippen molar-refractivity contribution < 1.29 is 9.90 Å². The van der Waals surface area contributed by atoms with Crippen molar-refractivity contribution in [3.05, 3.63) is 46.1 Å². The number of carbonyl (C=O) groups is 1. The Balaban J connectivity index is 2.43. The standard InChI is InChI=1S/C12H13IO2/c13-7-6-11(14)9-12(15)8-10-4-2-1-3-5-10/h1-7,12,15H,8-9H2/b7-6+. The van der Waals surface area contributed by atoms with Gasteiger partial charge in [0, 0.05) is 6.42 Å². The number of ketones is 1. The van der Waals surface area contributed by atoms with Crippen LogP contribution in [0.1, 0.15) is 12.0 Å². The van der Waals surface area contributed by atoms with Gasteiger partial charge in [-0.2, -0.15) is 0 Å². The van der Waals surface area contributed by atoms with Crippen molar-refractivity contribution in [2.45, 2.75) is 18.9 Å². The minimum absolute atomic E-state index is 0.0344. The zero-order valence-electron chi connectivity index (χ0n) is 8.27. The summed E-state index contributed by atoms with van der Waals surface area (Å²) in [5.74, 6) is -0.0344. The summed E-state index contributed by atoms with van der Waals surface area (Å²) in [6.07, 6.45) is 1.61. The average molecular weight is 316 g/mol. The second kappa shape index (κ2) is 6.74. The van der Waals surface area contributed by atoms with Crippen molar-refractivity contribution in [3.8, 4) is 0 Å². The van der Waals surface area contributed by atoms with E-state index in [2.05, 4.69) is 0 Å². The first-order chi connectivity index (χ1) is 7.22. The van der Waals surface area contributed by atoms with Crippen LogP contribution in [0.5, 0.6) is 0 Å². The number of hydrogen-bond donors (Lipinski definition) is 1. The van der Waals surface area contributed by atoms with Crippen LogP contribution in [0.2, 0.25) is 0 Å². The van der Waals surface area contributed by atoms with Crippen LogP contribution in [-0.4, -0.2) is 17.0 Å². The topological polar surface area (TPSA) is 37.3 Å². The Morgan fingerprint density at radius 2 is 2.07 bits per heavy atom. The molecule has 0 aliphatic heterocycles. The molecule has 0 saturated heterocycles. The highest BCUT2D eigenvalue weighted by Gasteiger charge is 2.08. The first-order valence-corrected chi connectivity index (χ1v) is 5.98. The molecule has 0 radical (unpaired) electrons. The van der Waals surface area contributed by atoms with E-state index in [0.29, 0.717) is 6.42 Å². The molecule has 1 N–H and O–H groups in total. The van der Waals surface area contributed by atoms with Gasteiger partial charge in [0.05, 0.1) is 6.10 Å². The van der Waals surface area contributed by atoms with Crippen LogP contribution < -0.4 is 0 Å². The summed E-state index contributed by atoms with van der Waals surface area (Å²) in [6, 6.07) is 9.67. The van der Waals surface area contributed by atoms with Gasteiger partial charge in [-0.25, -0.2) is 0 Å². The second-order valence-corrected chi connectivity index (χ2v) is 4.03. The maximum Gasteiger partial charge on any atom is 0.158 e. The number of carbonyl (C=O) groups excluding carboxylic acids is 1. The minimum atomic E-state index is -0.590. The van der Waals surface area contributed by atoms with Gasteiger partial charge in [0.1, 0.15) is 0 Å². The molecule has 15 heavy (non-hydrogen) atoms. The first-order valence-electron chi connectivity index (χ1n) is 4.74. The largest absolute Gasteiger partial charge is 0.392 e. The molecule has 0 heterocycles. The summed E-state index contributed by atoms with van der Waals surface area (Å²) in [4.78, 5) is 11.2. The van der Waals surface area contributed by atoms with Crippen molar-refractivity contribution >= 4 is 28.4 Å². The van der Waals surface area contributed by atoms with Gasteiger partial charge >= 0.3 is 0 Å². The van der Waals surface area contributed by atoms with E-state index in [-0.39, 0.29) is 12.2 Å². The number of rotatable bonds is 5. The lowest BCUT2D eigenvalue weighted by Gasteiger charge is -2.07.